The van der Waals surface area contributed by atoms with Crippen LogP contribution < -0.4 is 0 Å². The van der Waals surface area contributed by atoms with Gasteiger partial charge in [-0.2, -0.15) is 0 Å². The van der Waals surface area contributed by atoms with E-state index in [2.05, 4.69) is 38.5 Å². The number of hydrogen-bond acceptors (Lipinski definition) is 2. The summed E-state index contributed by atoms with van der Waals surface area (Å²) in [5.41, 5.74) is 0.562. The molecule has 0 radical (unpaired) electrons. The van der Waals surface area contributed by atoms with E-state index in [4.69, 9.17) is 0 Å². The van der Waals surface area contributed by atoms with Gasteiger partial charge in [-0.1, -0.05) is 13.3 Å². The van der Waals surface area contributed by atoms with Crippen molar-refractivity contribution < 1.29 is 9.59 Å². The van der Waals surface area contributed by atoms with E-state index in [-0.39, 0.29) is 11.8 Å². The lowest BCUT2D eigenvalue weighted by Crippen LogP contribution is -2.32. The van der Waals surface area contributed by atoms with Gasteiger partial charge in [0.25, 0.3) is 5.91 Å². The lowest BCUT2D eigenvalue weighted by atomic mass is 10.1. The van der Waals surface area contributed by atoms with E-state index >= 15 is 0 Å². The Labute approximate surface area is 128 Å². The van der Waals surface area contributed by atoms with E-state index in [1.807, 2.05) is 19.1 Å². The van der Waals surface area contributed by atoms with Gasteiger partial charge in [0.2, 0.25) is 5.91 Å². The molecule has 2 amide bonds. The number of halogens is 2. The van der Waals surface area contributed by atoms with Crippen LogP contribution in [0, 0.1) is 9.49 Å². The molecule has 96 valence electrons. The molecule has 1 heterocycles. The molecule has 5 heteroatoms. The molecule has 1 aliphatic heterocycles. The maximum Gasteiger partial charge on any atom is 0.261 e. The normalized spacial score (nSPS) is 19.4. The highest BCUT2D eigenvalue weighted by Crippen LogP contribution is 2.26. The second-order valence-corrected chi connectivity index (χ2v) is 6.51. The van der Waals surface area contributed by atoms with Crippen molar-refractivity contribution >= 4 is 50.3 Å². The van der Waals surface area contributed by atoms with Crippen molar-refractivity contribution in [3.63, 3.8) is 0 Å². The number of hydrogen-bond donors (Lipinski definition) is 0. The third-order valence-electron chi connectivity index (χ3n) is 3.19. The summed E-state index contributed by atoms with van der Waals surface area (Å²) in [7, 11) is 0. The van der Waals surface area contributed by atoms with Crippen LogP contribution in [0.15, 0.2) is 22.7 Å². The zero-order chi connectivity index (χ0) is 13.3. The van der Waals surface area contributed by atoms with Crippen molar-refractivity contribution in [1.82, 2.24) is 4.90 Å². The first-order valence-corrected chi connectivity index (χ1v) is 7.69. The summed E-state index contributed by atoms with van der Waals surface area (Å²) in [6.07, 6.45) is 1.42. The molecule has 1 saturated heterocycles. The highest BCUT2D eigenvalue weighted by atomic mass is 127. The average molecular weight is 422 g/mol. The fourth-order valence-corrected chi connectivity index (χ4v) is 2.97. The van der Waals surface area contributed by atoms with Crippen LogP contribution in [-0.2, 0) is 4.79 Å². The number of likely N-dealkylation sites (tertiary alicyclic amines) is 1. The van der Waals surface area contributed by atoms with Gasteiger partial charge in [0.15, 0.2) is 0 Å². The molecule has 1 aliphatic rings. The van der Waals surface area contributed by atoms with Gasteiger partial charge < -0.3 is 0 Å². The Morgan fingerprint density at radius 2 is 2.28 bits per heavy atom. The number of imide groups is 1. The van der Waals surface area contributed by atoms with E-state index in [0.29, 0.717) is 24.4 Å². The molecule has 2 rings (SSSR count). The van der Waals surface area contributed by atoms with Crippen LogP contribution in [0.2, 0.25) is 0 Å². The van der Waals surface area contributed by atoms with Gasteiger partial charge in [0.1, 0.15) is 0 Å². The van der Waals surface area contributed by atoms with Gasteiger partial charge in [-0.25, -0.2) is 0 Å². The van der Waals surface area contributed by atoms with E-state index in [9.17, 15) is 9.59 Å². The van der Waals surface area contributed by atoms with Crippen LogP contribution in [0.5, 0.6) is 0 Å². The molecule has 0 bridgehead atoms. The number of amides is 2. The fourth-order valence-electron chi connectivity index (χ4n) is 2.06. The van der Waals surface area contributed by atoms with E-state index in [1.54, 1.807) is 6.07 Å². The molecule has 1 aromatic carbocycles. The monoisotopic (exact) mass is 421 g/mol. The summed E-state index contributed by atoms with van der Waals surface area (Å²) >= 11 is 5.53. The largest absolute Gasteiger partial charge is 0.278 e. The fraction of sp³-hybridized carbons (Fsp3) is 0.385. The molecule has 1 atom stereocenters. The van der Waals surface area contributed by atoms with Gasteiger partial charge in [-0.05, 0) is 62.6 Å². The Hall–Kier alpha value is -0.430. The van der Waals surface area contributed by atoms with Gasteiger partial charge in [0, 0.05) is 21.0 Å². The predicted molar refractivity (Wildman–Crippen MR) is 81.3 cm³/mol. The highest BCUT2D eigenvalue weighted by molar-refractivity contribution is 14.1. The Kier molecular flexibility index (Phi) is 4.42. The molecular weight excluding hydrogens is 409 g/mol. The molecule has 0 N–H and O–H groups in total. The molecule has 0 spiro atoms. The lowest BCUT2D eigenvalue weighted by Gasteiger charge is -2.15. The first-order chi connectivity index (χ1) is 8.52. The first-order valence-electron chi connectivity index (χ1n) is 5.82. The standard InChI is InChI=1S/C13H13BrINO2/c1-2-8-5-12(17)16(7-8)13(18)10-6-9(15)3-4-11(10)14/h3-4,6,8H,2,5,7H2,1H3. The molecule has 1 aromatic rings. The Bertz CT molecular complexity index is 504. The summed E-state index contributed by atoms with van der Waals surface area (Å²) in [6, 6.07) is 5.56. The first kappa shape index (κ1) is 14.0. The molecule has 0 aromatic heterocycles. The number of benzene rings is 1. The average Bonchev–Trinajstić information content (AvgIpc) is 2.73. The van der Waals surface area contributed by atoms with Crippen LogP contribution in [0.4, 0.5) is 0 Å². The zero-order valence-corrected chi connectivity index (χ0v) is 13.7. The van der Waals surface area contributed by atoms with Gasteiger partial charge >= 0.3 is 0 Å². The summed E-state index contributed by atoms with van der Waals surface area (Å²) in [5, 5.41) is 0. The highest BCUT2D eigenvalue weighted by Gasteiger charge is 2.33. The minimum Gasteiger partial charge on any atom is -0.278 e. The van der Waals surface area contributed by atoms with E-state index in [0.717, 1.165) is 14.5 Å². The molecule has 18 heavy (non-hydrogen) atoms. The Balaban J connectivity index is 2.26. The van der Waals surface area contributed by atoms with Gasteiger partial charge in [-0.3, -0.25) is 14.5 Å². The summed E-state index contributed by atoms with van der Waals surface area (Å²) in [6.45, 7) is 2.60. The summed E-state index contributed by atoms with van der Waals surface area (Å²) in [4.78, 5) is 25.6. The van der Waals surface area contributed by atoms with Crippen molar-refractivity contribution in [2.75, 3.05) is 6.54 Å². The van der Waals surface area contributed by atoms with Gasteiger partial charge in [0.05, 0.1) is 5.56 Å². The van der Waals surface area contributed by atoms with E-state index < -0.39 is 0 Å². The number of nitrogens with zero attached hydrogens (tertiary/aromatic N) is 1. The maximum atomic E-state index is 12.4. The van der Waals surface area contributed by atoms with Crippen LogP contribution in [0.3, 0.4) is 0 Å². The van der Waals surface area contributed by atoms with E-state index in [1.165, 1.54) is 4.90 Å². The zero-order valence-electron chi connectivity index (χ0n) is 9.95. The van der Waals surface area contributed by atoms with Crippen molar-refractivity contribution in [2.24, 2.45) is 5.92 Å². The SMILES string of the molecule is CCC1CC(=O)N(C(=O)c2cc(I)ccc2Br)C1. The van der Waals surface area contributed by atoms with Crippen LogP contribution in [0.25, 0.3) is 0 Å². The molecular formula is C13H13BrINO2. The molecule has 1 unspecified atom stereocenters. The van der Waals surface area contributed by atoms with Crippen molar-refractivity contribution in [3.8, 4) is 0 Å². The third kappa shape index (κ3) is 2.77. The Morgan fingerprint density at radius 1 is 1.56 bits per heavy atom. The van der Waals surface area contributed by atoms with Crippen LogP contribution in [0.1, 0.15) is 30.1 Å². The topological polar surface area (TPSA) is 37.4 Å². The number of carbonyl (C=O) groups is 2. The maximum absolute atomic E-state index is 12.4. The molecule has 3 nitrogen and oxygen atoms in total. The smallest absolute Gasteiger partial charge is 0.261 e. The second-order valence-electron chi connectivity index (χ2n) is 4.41. The minimum absolute atomic E-state index is 0.0578. The number of rotatable bonds is 2. The second kappa shape index (κ2) is 5.69. The summed E-state index contributed by atoms with van der Waals surface area (Å²) < 4.78 is 1.72. The van der Waals surface area contributed by atoms with Gasteiger partial charge in [-0.15, -0.1) is 0 Å². The summed E-state index contributed by atoms with van der Waals surface area (Å²) in [5.74, 6) is 0.0574. The minimum atomic E-state index is -0.193. The third-order valence-corrected chi connectivity index (χ3v) is 4.55. The van der Waals surface area contributed by atoms with Crippen LogP contribution in [-0.4, -0.2) is 23.3 Å². The van der Waals surface area contributed by atoms with Crippen LogP contribution >= 0.6 is 38.5 Å². The molecule has 1 fully saturated rings. The lowest BCUT2D eigenvalue weighted by molar-refractivity contribution is -0.125. The number of carbonyl (C=O) groups excluding carboxylic acids is 2. The quantitative estimate of drug-likeness (QED) is 0.541. The van der Waals surface area contributed by atoms with Crippen molar-refractivity contribution in [2.45, 2.75) is 19.8 Å². The van der Waals surface area contributed by atoms with Crippen molar-refractivity contribution in [3.05, 3.63) is 31.8 Å². The van der Waals surface area contributed by atoms with Crippen molar-refractivity contribution in [1.29, 1.82) is 0 Å². The Morgan fingerprint density at radius 3 is 2.89 bits per heavy atom. The molecule has 0 aliphatic carbocycles. The predicted octanol–water partition coefficient (Wildman–Crippen LogP) is 3.45. The molecule has 0 saturated carbocycles.